The summed E-state index contributed by atoms with van der Waals surface area (Å²) in [6.45, 7) is 0. The highest BCUT2D eigenvalue weighted by Gasteiger charge is 2.81. The van der Waals surface area contributed by atoms with Crippen molar-refractivity contribution in [3.8, 4) is 0 Å². The highest BCUT2D eigenvalue weighted by Crippen LogP contribution is 2.64. The van der Waals surface area contributed by atoms with Gasteiger partial charge in [-0.2, -0.15) is 26.3 Å². The Bertz CT molecular complexity index is 524. The average Bonchev–Trinajstić information content (AvgIpc) is 2.39. The zero-order valence-corrected chi connectivity index (χ0v) is 8.28. The lowest BCUT2D eigenvalue weighted by molar-refractivity contribution is -0.303. The van der Waals surface area contributed by atoms with E-state index < -0.39 is 52.2 Å². The Hall–Kier alpha value is -1.48. The lowest BCUT2D eigenvalue weighted by atomic mass is 10.1. The molecule has 1 aromatic carbocycles. The molecular formula is C9F10. The maximum Gasteiger partial charge on any atom is 0.380 e. The molecule has 0 fully saturated rings. The maximum absolute atomic E-state index is 13.0. The fourth-order valence-electron chi connectivity index (χ4n) is 1.73. The summed E-state index contributed by atoms with van der Waals surface area (Å²) >= 11 is 0. The second-order valence-electron chi connectivity index (χ2n) is 3.73. The highest BCUT2D eigenvalue weighted by atomic mass is 19.3. The summed E-state index contributed by atoms with van der Waals surface area (Å²) in [5.41, 5.74) is -5.75. The van der Waals surface area contributed by atoms with Crippen LogP contribution >= 0.6 is 0 Å². The normalized spacial score (nSPS) is 22.4. The van der Waals surface area contributed by atoms with Gasteiger partial charge in [-0.25, -0.2) is 17.6 Å². The number of benzene rings is 1. The van der Waals surface area contributed by atoms with E-state index in [-0.39, 0.29) is 0 Å². The summed E-state index contributed by atoms with van der Waals surface area (Å²) in [6, 6.07) is 0. The smallest absolute Gasteiger partial charge is 0.203 e. The molecule has 19 heavy (non-hydrogen) atoms. The van der Waals surface area contributed by atoms with Crippen molar-refractivity contribution in [1.82, 2.24) is 0 Å². The minimum absolute atomic E-state index is 2.87. The predicted octanol–water partition coefficient (Wildman–Crippen LogP) is 4.08. The largest absolute Gasteiger partial charge is 0.380 e. The second-order valence-corrected chi connectivity index (χ2v) is 3.73. The van der Waals surface area contributed by atoms with Gasteiger partial charge in [0.25, 0.3) is 0 Å². The van der Waals surface area contributed by atoms with Crippen LogP contribution in [-0.2, 0) is 11.8 Å². The molecule has 0 N–H and O–H groups in total. The van der Waals surface area contributed by atoms with E-state index in [2.05, 4.69) is 0 Å². The van der Waals surface area contributed by atoms with Crippen molar-refractivity contribution in [3.05, 3.63) is 34.4 Å². The summed E-state index contributed by atoms with van der Waals surface area (Å²) in [4.78, 5) is 0. The minimum Gasteiger partial charge on any atom is -0.203 e. The zero-order chi connectivity index (χ0) is 15.0. The van der Waals surface area contributed by atoms with Crippen LogP contribution in [0.2, 0.25) is 0 Å². The zero-order valence-electron chi connectivity index (χ0n) is 8.28. The van der Waals surface area contributed by atoms with Gasteiger partial charge in [-0.1, -0.05) is 0 Å². The lowest BCUT2D eigenvalue weighted by Gasteiger charge is -2.23. The molecule has 2 rings (SSSR count). The Labute approximate surface area is 97.2 Å². The van der Waals surface area contributed by atoms with Crippen LogP contribution in [0, 0.1) is 23.3 Å². The van der Waals surface area contributed by atoms with Crippen molar-refractivity contribution in [3.63, 3.8) is 0 Å². The first-order chi connectivity index (χ1) is 8.39. The van der Waals surface area contributed by atoms with Gasteiger partial charge in [-0.15, -0.1) is 0 Å². The first kappa shape index (κ1) is 13.9. The van der Waals surface area contributed by atoms with E-state index in [0.717, 1.165) is 0 Å². The van der Waals surface area contributed by atoms with E-state index in [1.54, 1.807) is 0 Å². The number of rotatable bonds is 0. The minimum atomic E-state index is -6.22. The molecule has 1 aliphatic carbocycles. The molecule has 1 aromatic rings. The van der Waals surface area contributed by atoms with Crippen LogP contribution in [0.15, 0.2) is 0 Å². The Morgan fingerprint density at radius 3 is 1.00 bits per heavy atom. The van der Waals surface area contributed by atoms with E-state index in [1.807, 2.05) is 0 Å². The number of hydrogen-bond acceptors (Lipinski definition) is 0. The molecule has 0 heterocycles. The summed E-state index contributed by atoms with van der Waals surface area (Å²) in [5.74, 6) is -29.7. The number of hydrogen-bond donors (Lipinski definition) is 0. The Morgan fingerprint density at radius 2 is 0.737 bits per heavy atom. The molecule has 0 spiro atoms. The van der Waals surface area contributed by atoms with Crippen molar-refractivity contribution in [2.45, 2.75) is 17.8 Å². The van der Waals surface area contributed by atoms with Crippen molar-refractivity contribution in [2.75, 3.05) is 0 Å². The fraction of sp³-hybridized carbons (Fsp3) is 0.333. The van der Waals surface area contributed by atoms with Gasteiger partial charge >= 0.3 is 17.8 Å². The predicted molar refractivity (Wildman–Crippen MR) is 39.0 cm³/mol. The molecule has 0 bridgehead atoms. The molecule has 0 nitrogen and oxygen atoms in total. The third kappa shape index (κ3) is 1.26. The molecule has 0 aliphatic heterocycles. The Kier molecular flexibility index (Phi) is 2.45. The SMILES string of the molecule is Fc1c(F)c(F)c2c(c1F)C(F)(F)C(F)(F)C2(F)F. The molecule has 0 amide bonds. The number of alkyl halides is 6. The van der Waals surface area contributed by atoms with E-state index in [4.69, 9.17) is 0 Å². The average molecular weight is 298 g/mol. The van der Waals surface area contributed by atoms with Gasteiger partial charge < -0.3 is 0 Å². The van der Waals surface area contributed by atoms with Crippen molar-refractivity contribution >= 4 is 0 Å². The Balaban J connectivity index is 3.02. The molecule has 0 unspecified atom stereocenters. The quantitative estimate of drug-likeness (QED) is 0.385. The van der Waals surface area contributed by atoms with Crippen LogP contribution in [0.25, 0.3) is 0 Å². The standard InChI is InChI=1S/C9F10/c10-3-1-2(4(11)6(13)5(3)12)8(16,17)9(18,19)7(1,14)15. The molecule has 0 aromatic heterocycles. The molecule has 0 saturated heterocycles. The van der Waals surface area contributed by atoms with E-state index in [0.29, 0.717) is 0 Å². The summed E-state index contributed by atoms with van der Waals surface area (Å²) in [7, 11) is 0. The first-order valence-corrected chi connectivity index (χ1v) is 4.39. The van der Waals surface area contributed by atoms with Gasteiger partial charge in [0.15, 0.2) is 23.3 Å². The molecule has 1 aliphatic rings. The Morgan fingerprint density at radius 1 is 0.474 bits per heavy atom. The molecule has 0 saturated carbocycles. The highest BCUT2D eigenvalue weighted by molar-refractivity contribution is 5.46. The monoisotopic (exact) mass is 298 g/mol. The lowest BCUT2D eigenvalue weighted by Crippen LogP contribution is -2.43. The van der Waals surface area contributed by atoms with Gasteiger partial charge in [0.05, 0.1) is 11.1 Å². The van der Waals surface area contributed by atoms with E-state index >= 15 is 0 Å². The van der Waals surface area contributed by atoms with Crippen LogP contribution in [-0.4, -0.2) is 5.92 Å². The number of fused-ring (bicyclic) bond motifs is 1. The van der Waals surface area contributed by atoms with Crippen LogP contribution in [0.1, 0.15) is 11.1 Å². The molecule has 0 radical (unpaired) electrons. The van der Waals surface area contributed by atoms with Crippen LogP contribution in [0.4, 0.5) is 43.9 Å². The molecule has 10 heteroatoms. The van der Waals surface area contributed by atoms with Crippen molar-refractivity contribution < 1.29 is 43.9 Å². The van der Waals surface area contributed by atoms with Crippen LogP contribution in [0.3, 0.4) is 0 Å². The summed E-state index contributed by atoms with van der Waals surface area (Å²) in [6.07, 6.45) is 0. The van der Waals surface area contributed by atoms with Gasteiger partial charge in [0.2, 0.25) is 0 Å². The molecule has 0 atom stereocenters. The van der Waals surface area contributed by atoms with Gasteiger partial charge in [-0.05, 0) is 0 Å². The van der Waals surface area contributed by atoms with Gasteiger partial charge in [-0.3, -0.25) is 0 Å². The van der Waals surface area contributed by atoms with E-state index in [9.17, 15) is 43.9 Å². The maximum atomic E-state index is 13.0. The third-order valence-electron chi connectivity index (χ3n) is 2.68. The fourth-order valence-corrected chi connectivity index (χ4v) is 1.73. The first-order valence-electron chi connectivity index (χ1n) is 4.39. The third-order valence-corrected chi connectivity index (χ3v) is 2.68. The van der Waals surface area contributed by atoms with Crippen LogP contribution in [0.5, 0.6) is 0 Å². The number of halogens is 10. The topological polar surface area (TPSA) is 0 Å². The van der Waals surface area contributed by atoms with Gasteiger partial charge in [0.1, 0.15) is 0 Å². The van der Waals surface area contributed by atoms with Crippen molar-refractivity contribution in [1.29, 1.82) is 0 Å². The van der Waals surface area contributed by atoms with Crippen LogP contribution < -0.4 is 0 Å². The molecule has 106 valence electrons. The van der Waals surface area contributed by atoms with E-state index in [1.165, 1.54) is 0 Å². The second kappa shape index (κ2) is 3.34. The van der Waals surface area contributed by atoms with Gasteiger partial charge in [0, 0.05) is 0 Å². The molecular weight excluding hydrogens is 298 g/mol. The summed E-state index contributed by atoms with van der Waals surface area (Å²) < 4.78 is 129. The summed E-state index contributed by atoms with van der Waals surface area (Å²) in [5, 5.41) is 0. The van der Waals surface area contributed by atoms with Crippen molar-refractivity contribution in [2.24, 2.45) is 0 Å².